The zero-order valence-corrected chi connectivity index (χ0v) is 18.9. The highest BCUT2D eigenvalue weighted by atomic mass is 32.2. The van der Waals surface area contributed by atoms with Gasteiger partial charge < -0.3 is 16.0 Å². The zero-order valence-electron chi connectivity index (χ0n) is 21.0. The van der Waals surface area contributed by atoms with E-state index in [0.717, 1.165) is 18.6 Å². The van der Waals surface area contributed by atoms with Crippen LogP contribution in [-0.2, 0) is 22.7 Å². The molecule has 15 heteroatoms. The van der Waals surface area contributed by atoms with Crippen LogP contribution in [0.1, 0.15) is 25.7 Å². The number of anilines is 4. The molecule has 0 spiro atoms. The maximum absolute atomic E-state index is 13.7. The molecule has 2 heterocycles. The maximum Gasteiger partial charge on any atom is 0.421 e. The molecule has 0 bridgehead atoms. The minimum absolute atomic E-state index is 0.256. The Morgan fingerprint density at radius 2 is 1.89 bits per heavy atom. The van der Waals surface area contributed by atoms with E-state index >= 15 is 0 Å². The number of aromatic nitrogens is 4. The van der Waals surface area contributed by atoms with Gasteiger partial charge in [-0.25, -0.2) is 18.4 Å². The van der Waals surface area contributed by atoms with Crippen LogP contribution >= 0.6 is 0 Å². The second kappa shape index (κ2) is 10.1. The summed E-state index contributed by atoms with van der Waals surface area (Å²) in [6.45, 7) is -1.77. The zero-order chi connectivity index (χ0) is 28.1. The summed E-state index contributed by atoms with van der Waals surface area (Å²) in [7, 11) is -5.10. The standard InChI is InChI=1S/C20H21F3N8O3S/c1-24-18(32)12-4-6-13(7-5-12)29-19-28-10-14(20(21,22)23)16(30-19)27-11-15-17(26-9-8-25-15)31(2)35(3,33)34/h4-10H,11H2,1-3H3,(H,24,32)(H2,27,28,29,30)/i1D,2D,11D. The van der Waals surface area contributed by atoms with E-state index in [1.807, 2.05) is 0 Å². The average molecular weight is 514 g/mol. The Kier molecular flexibility index (Phi) is 6.20. The number of carbonyl (C=O) groups is 1. The summed E-state index contributed by atoms with van der Waals surface area (Å²) in [5, 5.41) is 7.27. The number of sulfonamides is 1. The third kappa shape index (κ3) is 6.32. The fraction of sp³-hybridized carbons (Fsp3) is 0.250. The van der Waals surface area contributed by atoms with Crippen molar-refractivity contribution in [3.63, 3.8) is 0 Å². The van der Waals surface area contributed by atoms with Crippen molar-refractivity contribution < 1.29 is 30.5 Å². The summed E-state index contributed by atoms with van der Waals surface area (Å²) < 4.78 is 88.5. The van der Waals surface area contributed by atoms with Crippen LogP contribution in [0.2, 0.25) is 0 Å². The van der Waals surface area contributed by atoms with Gasteiger partial charge in [-0.05, 0) is 24.3 Å². The second-order valence-electron chi connectivity index (χ2n) is 6.83. The number of alkyl halides is 3. The predicted molar refractivity (Wildman–Crippen MR) is 123 cm³/mol. The molecule has 0 aliphatic heterocycles. The molecule has 0 radical (unpaired) electrons. The smallest absolute Gasteiger partial charge is 0.364 e. The SMILES string of the molecule is [2H]CNC(=O)c1ccc(Nc2ncc(C(F)(F)F)c(NC([2H])c3nccnc3N(C[2H])S(C)(=O)=O)n2)cc1. The molecule has 0 aliphatic rings. The molecular formula is C20H21F3N8O3S. The summed E-state index contributed by atoms with van der Waals surface area (Å²) >= 11 is 0. The van der Waals surface area contributed by atoms with Gasteiger partial charge in [0.25, 0.3) is 5.91 Å². The Morgan fingerprint density at radius 1 is 1.17 bits per heavy atom. The molecule has 1 amide bonds. The van der Waals surface area contributed by atoms with Crippen molar-refractivity contribution in [2.45, 2.75) is 12.7 Å². The number of benzene rings is 1. The molecule has 0 saturated heterocycles. The van der Waals surface area contributed by atoms with Gasteiger partial charge in [0.1, 0.15) is 17.1 Å². The number of nitrogens with one attached hydrogen (secondary N) is 3. The third-order valence-corrected chi connectivity index (χ3v) is 5.32. The Morgan fingerprint density at radius 3 is 2.51 bits per heavy atom. The quantitative estimate of drug-likeness (QED) is 0.414. The maximum atomic E-state index is 13.7. The van der Waals surface area contributed by atoms with Gasteiger partial charge in [0.05, 0.1) is 14.1 Å². The van der Waals surface area contributed by atoms with Crippen LogP contribution in [0.4, 0.5) is 36.4 Å². The molecule has 11 nitrogen and oxygen atoms in total. The minimum Gasteiger partial charge on any atom is -0.364 e. The lowest BCUT2D eigenvalue weighted by molar-refractivity contribution is -0.137. The van der Waals surface area contributed by atoms with E-state index in [0.29, 0.717) is 16.2 Å². The van der Waals surface area contributed by atoms with Crippen LogP contribution in [-0.4, -0.2) is 54.6 Å². The molecule has 1 atom stereocenters. The lowest BCUT2D eigenvalue weighted by Gasteiger charge is -2.19. The fourth-order valence-electron chi connectivity index (χ4n) is 2.62. The van der Waals surface area contributed by atoms with Gasteiger partial charge in [-0.1, -0.05) is 0 Å². The fourth-order valence-corrected chi connectivity index (χ4v) is 3.08. The lowest BCUT2D eigenvalue weighted by Crippen LogP contribution is -2.27. The van der Waals surface area contributed by atoms with Gasteiger partial charge in [-0.15, -0.1) is 0 Å². The van der Waals surface area contributed by atoms with Crippen LogP contribution in [0.15, 0.2) is 42.9 Å². The number of rotatable bonds is 8. The van der Waals surface area contributed by atoms with Crippen LogP contribution < -0.4 is 20.3 Å². The highest BCUT2D eigenvalue weighted by molar-refractivity contribution is 7.92. The Bertz CT molecular complexity index is 1400. The van der Waals surface area contributed by atoms with Crippen molar-refractivity contribution in [3.8, 4) is 0 Å². The summed E-state index contributed by atoms with van der Waals surface area (Å²) in [5.74, 6) is -1.95. The van der Waals surface area contributed by atoms with Crippen LogP contribution in [0.3, 0.4) is 0 Å². The van der Waals surface area contributed by atoms with Gasteiger partial charge in [-0.3, -0.25) is 14.1 Å². The van der Waals surface area contributed by atoms with Gasteiger partial charge in [0, 0.05) is 46.6 Å². The summed E-state index contributed by atoms with van der Waals surface area (Å²) in [4.78, 5) is 27.0. The molecule has 2 aromatic heterocycles. The first kappa shape index (κ1) is 21.5. The van der Waals surface area contributed by atoms with Crippen LogP contribution in [0, 0.1) is 0 Å². The number of halogens is 3. The van der Waals surface area contributed by atoms with Gasteiger partial charge in [0.2, 0.25) is 16.0 Å². The summed E-state index contributed by atoms with van der Waals surface area (Å²) in [6.07, 6.45) is -1.35. The van der Waals surface area contributed by atoms with E-state index < -0.39 is 52.9 Å². The van der Waals surface area contributed by atoms with Crippen molar-refractivity contribution in [3.05, 3.63) is 59.7 Å². The van der Waals surface area contributed by atoms with Gasteiger partial charge in [-0.2, -0.15) is 18.2 Å². The average Bonchev–Trinajstić information content (AvgIpc) is 2.84. The number of amides is 1. The normalized spacial score (nSPS) is 13.7. The van der Waals surface area contributed by atoms with E-state index in [-0.39, 0.29) is 24.2 Å². The lowest BCUT2D eigenvalue weighted by atomic mass is 10.2. The molecule has 3 aromatic rings. The van der Waals surface area contributed by atoms with Crippen LogP contribution in [0.5, 0.6) is 0 Å². The van der Waals surface area contributed by atoms with Crippen molar-refractivity contribution >= 4 is 39.2 Å². The van der Waals surface area contributed by atoms with Crippen molar-refractivity contribution in [2.75, 3.05) is 35.2 Å². The van der Waals surface area contributed by atoms with E-state index in [9.17, 15) is 26.4 Å². The monoisotopic (exact) mass is 513 g/mol. The molecule has 0 aliphatic carbocycles. The summed E-state index contributed by atoms with van der Waals surface area (Å²) in [6, 6.07) is 5.75. The first-order valence-corrected chi connectivity index (χ1v) is 11.4. The number of hydrogen-bond acceptors (Lipinski definition) is 9. The Hall–Kier alpha value is -4.01. The third-order valence-electron chi connectivity index (χ3n) is 4.35. The Labute approximate surface area is 203 Å². The molecule has 35 heavy (non-hydrogen) atoms. The Balaban J connectivity index is 1.93. The molecule has 1 unspecified atom stereocenters. The van der Waals surface area contributed by atoms with E-state index in [1.54, 1.807) is 0 Å². The highest BCUT2D eigenvalue weighted by Crippen LogP contribution is 2.34. The first-order valence-electron chi connectivity index (χ1n) is 11.5. The highest BCUT2D eigenvalue weighted by Gasteiger charge is 2.35. The molecule has 1 aromatic carbocycles. The predicted octanol–water partition coefficient (Wildman–Crippen LogP) is 2.40. The number of carbonyl (C=O) groups excluding carboxylic acids is 1. The van der Waals surface area contributed by atoms with E-state index in [4.69, 9.17) is 4.11 Å². The molecule has 3 rings (SSSR count). The van der Waals surface area contributed by atoms with Gasteiger partial charge >= 0.3 is 6.18 Å². The molecule has 3 N–H and O–H groups in total. The van der Waals surface area contributed by atoms with E-state index in [2.05, 4.69) is 35.9 Å². The second-order valence-corrected chi connectivity index (χ2v) is 8.73. The van der Waals surface area contributed by atoms with Crippen molar-refractivity contribution in [1.82, 2.24) is 25.3 Å². The molecular weight excluding hydrogens is 489 g/mol. The van der Waals surface area contributed by atoms with E-state index in [1.165, 1.54) is 24.3 Å². The van der Waals surface area contributed by atoms with Crippen molar-refractivity contribution in [1.29, 1.82) is 0 Å². The van der Waals surface area contributed by atoms with Crippen LogP contribution in [0.25, 0.3) is 0 Å². The molecule has 0 fully saturated rings. The van der Waals surface area contributed by atoms with Gasteiger partial charge in [0.15, 0.2) is 5.82 Å². The largest absolute Gasteiger partial charge is 0.421 e. The molecule has 186 valence electrons. The first-order chi connectivity index (χ1) is 17.8. The van der Waals surface area contributed by atoms with Crippen molar-refractivity contribution in [2.24, 2.45) is 0 Å². The summed E-state index contributed by atoms with van der Waals surface area (Å²) in [5.41, 5.74) is -1.07. The topological polar surface area (TPSA) is 142 Å². The molecule has 0 saturated carbocycles. The number of nitrogens with zero attached hydrogens (tertiary/aromatic N) is 5. The number of hydrogen-bond donors (Lipinski definition) is 3. The minimum atomic E-state index is -4.90.